The second kappa shape index (κ2) is 6.90. The van der Waals surface area contributed by atoms with Gasteiger partial charge in [-0.15, -0.1) is 10.2 Å². The molecule has 0 spiro atoms. The topological polar surface area (TPSA) is 99.1 Å². The van der Waals surface area contributed by atoms with Gasteiger partial charge in [-0.1, -0.05) is 11.6 Å². The van der Waals surface area contributed by atoms with E-state index in [0.717, 1.165) is 0 Å². The monoisotopic (exact) mass is 295 g/mol. The molecule has 6 nitrogen and oxygen atoms in total. The normalized spacial score (nSPS) is 13.5. The standard InChI is InChI=1S/C10H16ClF2N5O/c1-19-3-7(16-5-10(12,13)4-14)6-2-8(15)17-18-9(6)11/h2,7,16H,3-5,14H2,1H3,(H2,15,17). The predicted octanol–water partition coefficient (Wildman–Crippen LogP) is 0.583. The van der Waals surface area contributed by atoms with Gasteiger partial charge in [0.25, 0.3) is 5.92 Å². The van der Waals surface area contributed by atoms with Crippen LogP contribution in [0, 0.1) is 0 Å². The number of aromatic nitrogens is 2. The number of hydrogen-bond acceptors (Lipinski definition) is 6. The molecule has 5 N–H and O–H groups in total. The molecule has 0 amide bonds. The highest BCUT2D eigenvalue weighted by molar-refractivity contribution is 6.30. The minimum absolute atomic E-state index is 0.0832. The van der Waals surface area contributed by atoms with Crippen molar-refractivity contribution >= 4 is 17.4 Å². The maximum Gasteiger partial charge on any atom is 0.272 e. The van der Waals surface area contributed by atoms with Crippen molar-refractivity contribution in [3.63, 3.8) is 0 Å². The van der Waals surface area contributed by atoms with E-state index < -0.39 is 25.1 Å². The third-order valence-corrected chi connectivity index (χ3v) is 2.70. The first-order valence-corrected chi connectivity index (χ1v) is 5.86. The van der Waals surface area contributed by atoms with Crippen molar-refractivity contribution < 1.29 is 13.5 Å². The van der Waals surface area contributed by atoms with Crippen molar-refractivity contribution in [2.24, 2.45) is 5.73 Å². The number of rotatable bonds is 7. The van der Waals surface area contributed by atoms with Crippen molar-refractivity contribution in [2.45, 2.75) is 12.0 Å². The summed E-state index contributed by atoms with van der Waals surface area (Å²) >= 11 is 5.87. The second-order valence-corrected chi connectivity index (χ2v) is 4.32. The maximum absolute atomic E-state index is 13.1. The molecule has 0 saturated carbocycles. The quantitative estimate of drug-likeness (QED) is 0.681. The molecule has 0 radical (unpaired) electrons. The SMILES string of the molecule is COCC(NCC(F)(F)CN)c1cc(N)nnc1Cl. The number of nitrogens with zero attached hydrogens (tertiary/aromatic N) is 2. The number of methoxy groups -OCH3 is 1. The molecule has 0 saturated heterocycles. The van der Waals surface area contributed by atoms with E-state index in [1.54, 1.807) is 0 Å². The molecule has 9 heteroatoms. The zero-order valence-corrected chi connectivity index (χ0v) is 11.1. The van der Waals surface area contributed by atoms with Crippen molar-refractivity contribution in [3.05, 3.63) is 16.8 Å². The number of anilines is 1. The highest BCUT2D eigenvalue weighted by Crippen LogP contribution is 2.23. The lowest BCUT2D eigenvalue weighted by molar-refractivity contribution is 0.00617. The fourth-order valence-corrected chi connectivity index (χ4v) is 1.65. The average molecular weight is 296 g/mol. The smallest absolute Gasteiger partial charge is 0.272 e. The van der Waals surface area contributed by atoms with Gasteiger partial charge >= 0.3 is 0 Å². The molecule has 0 aromatic carbocycles. The average Bonchev–Trinajstić information content (AvgIpc) is 2.37. The summed E-state index contributed by atoms with van der Waals surface area (Å²) in [6, 6.07) is 0.889. The number of ether oxygens (including phenoxy) is 1. The molecule has 0 fully saturated rings. The largest absolute Gasteiger partial charge is 0.383 e. The van der Waals surface area contributed by atoms with Gasteiger partial charge in [-0.25, -0.2) is 8.78 Å². The molecule has 1 atom stereocenters. The van der Waals surface area contributed by atoms with Crippen molar-refractivity contribution in [3.8, 4) is 0 Å². The minimum atomic E-state index is -3.01. The lowest BCUT2D eigenvalue weighted by atomic mass is 10.1. The summed E-state index contributed by atoms with van der Waals surface area (Å²) in [5, 5.41) is 9.91. The first-order valence-electron chi connectivity index (χ1n) is 5.48. The molecule has 1 aromatic heterocycles. The van der Waals surface area contributed by atoms with Crippen molar-refractivity contribution in [1.29, 1.82) is 0 Å². The molecule has 0 aliphatic carbocycles. The van der Waals surface area contributed by atoms with Crippen LogP contribution >= 0.6 is 11.6 Å². The highest BCUT2D eigenvalue weighted by Gasteiger charge is 2.28. The molecule has 1 rings (SSSR count). The first-order chi connectivity index (χ1) is 8.89. The second-order valence-electron chi connectivity index (χ2n) is 3.96. The van der Waals surface area contributed by atoms with Crippen molar-refractivity contribution in [1.82, 2.24) is 15.5 Å². The fraction of sp³-hybridized carbons (Fsp3) is 0.600. The van der Waals surface area contributed by atoms with Gasteiger partial charge in [0.15, 0.2) is 5.15 Å². The van der Waals surface area contributed by atoms with Crippen LogP contribution in [0.5, 0.6) is 0 Å². The number of hydrogen-bond donors (Lipinski definition) is 3. The van der Waals surface area contributed by atoms with Crippen LogP contribution in [0.25, 0.3) is 0 Å². The third-order valence-electron chi connectivity index (χ3n) is 2.41. The summed E-state index contributed by atoms with van der Waals surface area (Å²) in [4.78, 5) is 0. The molecule has 1 aromatic rings. The van der Waals surface area contributed by atoms with E-state index in [1.165, 1.54) is 13.2 Å². The number of nitrogens with one attached hydrogen (secondary N) is 1. The van der Waals surface area contributed by atoms with Crippen LogP contribution in [0.15, 0.2) is 6.07 Å². The molecular formula is C10H16ClF2N5O. The van der Waals surface area contributed by atoms with Gasteiger partial charge in [-0.3, -0.25) is 0 Å². The molecule has 1 heterocycles. The number of alkyl halides is 2. The maximum atomic E-state index is 13.1. The molecule has 0 aliphatic heterocycles. The van der Waals surface area contributed by atoms with Crippen LogP contribution in [-0.4, -0.2) is 42.9 Å². The molecule has 0 bridgehead atoms. The Morgan fingerprint density at radius 2 is 2.21 bits per heavy atom. The summed E-state index contributed by atoms with van der Waals surface area (Å²) in [6.45, 7) is -1.22. The van der Waals surface area contributed by atoms with Crippen LogP contribution in [-0.2, 0) is 4.74 Å². The van der Waals surface area contributed by atoms with Gasteiger partial charge in [0.1, 0.15) is 5.82 Å². The highest BCUT2D eigenvalue weighted by atomic mass is 35.5. The molecule has 1 unspecified atom stereocenters. The van der Waals surface area contributed by atoms with Gasteiger partial charge < -0.3 is 21.5 Å². The van der Waals surface area contributed by atoms with Gasteiger partial charge in [-0.2, -0.15) is 0 Å². The Hall–Kier alpha value is -1.09. The van der Waals surface area contributed by atoms with Crippen molar-refractivity contribution in [2.75, 3.05) is 32.5 Å². The molecule has 108 valence electrons. The summed E-state index contributed by atoms with van der Waals surface area (Å²) in [5.41, 5.74) is 10.9. The minimum Gasteiger partial charge on any atom is -0.383 e. The van der Waals surface area contributed by atoms with Gasteiger partial charge in [-0.05, 0) is 6.07 Å². The molecular weight excluding hydrogens is 280 g/mol. The zero-order valence-electron chi connectivity index (χ0n) is 10.4. The van der Waals surface area contributed by atoms with Crippen LogP contribution in [0.3, 0.4) is 0 Å². The van der Waals surface area contributed by atoms with E-state index in [0.29, 0.717) is 5.56 Å². The summed E-state index contributed by atoms with van der Waals surface area (Å²) in [7, 11) is 1.45. The Morgan fingerprint density at radius 1 is 1.53 bits per heavy atom. The number of halogens is 3. The predicted molar refractivity (Wildman–Crippen MR) is 68.1 cm³/mol. The Morgan fingerprint density at radius 3 is 2.79 bits per heavy atom. The lowest BCUT2D eigenvalue weighted by Crippen LogP contribution is -2.41. The van der Waals surface area contributed by atoms with E-state index in [1.807, 2.05) is 0 Å². The Labute approximate surface area is 114 Å². The lowest BCUT2D eigenvalue weighted by Gasteiger charge is -2.22. The van der Waals surface area contributed by atoms with Crippen LogP contribution < -0.4 is 16.8 Å². The Bertz CT molecular complexity index is 421. The summed E-state index contributed by atoms with van der Waals surface area (Å²) < 4.78 is 31.2. The first kappa shape index (κ1) is 16.0. The van der Waals surface area contributed by atoms with Crippen LogP contribution in [0.2, 0.25) is 5.15 Å². The number of nitrogen functional groups attached to an aromatic ring is 1. The van der Waals surface area contributed by atoms with Crippen LogP contribution in [0.4, 0.5) is 14.6 Å². The zero-order chi connectivity index (χ0) is 14.5. The van der Waals surface area contributed by atoms with E-state index in [4.69, 9.17) is 27.8 Å². The number of nitrogens with two attached hydrogens (primary N) is 2. The van der Waals surface area contributed by atoms with Gasteiger partial charge in [0, 0.05) is 12.7 Å². The molecule has 19 heavy (non-hydrogen) atoms. The van der Waals surface area contributed by atoms with E-state index in [9.17, 15) is 8.78 Å². The third kappa shape index (κ3) is 4.83. The van der Waals surface area contributed by atoms with Gasteiger partial charge in [0.2, 0.25) is 0 Å². The van der Waals surface area contributed by atoms with E-state index in [-0.39, 0.29) is 17.6 Å². The fourth-order valence-electron chi connectivity index (χ4n) is 1.42. The molecule has 0 aliphatic rings. The van der Waals surface area contributed by atoms with Gasteiger partial charge in [0.05, 0.1) is 25.7 Å². The summed E-state index contributed by atoms with van der Waals surface area (Å²) in [5.74, 6) is -2.86. The van der Waals surface area contributed by atoms with E-state index in [2.05, 4.69) is 15.5 Å². The Kier molecular flexibility index (Phi) is 5.80. The Balaban J connectivity index is 2.85. The summed E-state index contributed by atoms with van der Waals surface area (Å²) in [6.07, 6.45) is 0. The van der Waals surface area contributed by atoms with Crippen LogP contribution in [0.1, 0.15) is 11.6 Å². The van der Waals surface area contributed by atoms with E-state index >= 15 is 0 Å².